The van der Waals surface area contributed by atoms with E-state index in [1.807, 2.05) is 0 Å². The summed E-state index contributed by atoms with van der Waals surface area (Å²) in [5, 5.41) is -1.03. The van der Waals surface area contributed by atoms with Crippen molar-refractivity contribution in [3.8, 4) is 11.5 Å². The van der Waals surface area contributed by atoms with Crippen LogP contribution in [0.2, 0.25) is 0 Å². The Hall–Kier alpha value is -2.36. The number of halogens is 3. The van der Waals surface area contributed by atoms with Crippen LogP contribution in [0.15, 0.2) is 34.9 Å². The van der Waals surface area contributed by atoms with Gasteiger partial charge in [0.15, 0.2) is 9.84 Å². The minimum absolute atomic E-state index is 0.0475. The number of benzene rings is 1. The van der Waals surface area contributed by atoms with E-state index in [-0.39, 0.29) is 23.6 Å². The van der Waals surface area contributed by atoms with E-state index in [4.69, 9.17) is 4.42 Å². The first-order valence-corrected chi connectivity index (χ1v) is 9.15. The number of hydrogen-bond acceptors (Lipinski definition) is 6. The summed E-state index contributed by atoms with van der Waals surface area (Å²) in [6, 6.07) is 4.69. The number of nitrogens with zero attached hydrogens (tertiary/aromatic N) is 1. The summed E-state index contributed by atoms with van der Waals surface area (Å²) >= 11 is 0. The van der Waals surface area contributed by atoms with Crippen molar-refractivity contribution in [1.82, 2.24) is 4.98 Å². The third-order valence-electron chi connectivity index (χ3n) is 3.66. The molecule has 0 amide bonds. The molecule has 0 N–H and O–H groups in total. The van der Waals surface area contributed by atoms with Gasteiger partial charge in [-0.1, -0.05) is 12.1 Å². The van der Waals surface area contributed by atoms with Gasteiger partial charge in [-0.2, -0.15) is 13.2 Å². The van der Waals surface area contributed by atoms with E-state index in [9.17, 15) is 26.4 Å². The van der Waals surface area contributed by atoms with Crippen molar-refractivity contribution in [3.63, 3.8) is 0 Å². The average Bonchev–Trinajstić information content (AvgIpc) is 3.01. The van der Waals surface area contributed by atoms with Gasteiger partial charge >= 0.3 is 12.1 Å². The van der Waals surface area contributed by atoms with Gasteiger partial charge in [-0.25, -0.2) is 13.4 Å². The zero-order chi connectivity index (χ0) is 19.5. The summed E-state index contributed by atoms with van der Waals surface area (Å²) < 4.78 is 73.2. The van der Waals surface area contributed by atoms with E-state index < -0.39 is 38.5 Å². The second-order valence-corrected chi connectivity index (χ2v) is 8.00. The third kappa shape index (κ3) is 4.63. The summed E-state index contributed by atoms with van der Waals surface area (Å²) in [5.74, 6) is -1.58. The number of methoxy groups -OCH3 is 1. The first kappa shape index (κ1) is 20.0. The van der Waals surface area contributed by atoms with Gasteiger partial charge < -0.3 is 9.15 Å². The topological polar surface area (TPSA) is 86.5 Å². The molecular formula is C16H16F3NO5S. The molecule has 1 aromatic carbocycles. The molecule has 0 fully saturated rings. The zero-order valence-electron chi connectivity index (χ0n) is 13.9. The van der Waals surface area contributed by atoms with Crippen LogP contribution in [0.25, 0.3) is 11.5 Å². The Labute approximate surface area is 147 Å². The number of carbonyl (C=O) groups is 1. The fraction of sp³-hybridized carbons (Fsp3) is 0.375. The minimum atomic E-state index is -4.60. The first-order valence-electron chi connectivity index (χ1n) is 7.44. The number of ether oxygens (including phenoxy) is 1. The van der Waals surface area contributed by atoms with E-state index in [0.717, 1.165) is 19.4 Å². The molecule has 0 saturated heterocycles. The molecule has 0 spiro atoms. The molecule has 2 aromatic rings. The predicted molar refractivity (Wildman–Crippen MR) is 85.7 cm³/mol. The van der Waals surface area contributed by atoms with Gasteiger partial charge in [0.1, 0.15) is 6.26 Å². The first-order chi connectivity index (χ1) is 12.0. The zero-order valence-corrected chi connectivity index (χ0v) is 14.7. The molecule has 0 radical (unpaired) electrons. The van der Waals surface area contributed by atoms with Crippen LogP contribution in [0.3, 0.4) is 0 Å². The van der Waals surface area contributed by atoms with Crippen molar-refractivity contribution in [1.29, 1.82) is 0 Å². The van der Waals surface area contributed by atoms with Gasteiger partial charge in [-0.05, 0) is 19.1 Å². The molecule has 2 rings (SSSR count). The Kier molecular flexibility index (Phi) is 5.74. The largest absolute Gasteiger partial charge is 0.469 e. The molecular weight excluding hydrogens is 375 g/mol. The summed E-state index contributed by atoms with van der Waals surface area (Å²) in [6.07, 6.45) is -3.95. The normalized spacial score (nSPS) is 13.4. The highest BCUT2D eigenvalue weighted by atomic mass is 32.2. The molecule has 142 valence electrons. The van der Waals surface area contributed by atoms with Crippen molar-refractivity contribution in [2.75, 3.05) is 7.11 Å². The number of alkyl halides is 3. The number of hydrogen-bond donors (Lipinski definition) is 0. The minimum Gasteiger partial charge on any atom is -0.469 e. The number of aromatic nitrogens is 1. The molecule has 1 aromatic heterocycles. The van der Waals surface area contributed by atoms with Crippen LogP contribution in [-0.2, 0) is 31.3 Å². The van der Waals surface area contributed by atoms with Gasteiger partial charge in [0, 0.05) is 5.56 Å². The van der Waals surface area contributed by atoms with Gasteiger partial charge in [0.2, 0.25) is 5.89 Å². The Morgan fingerprint density at radius 1 is 1.31 bits per heavy atom. The molecule has 0 aliphatic heterocycles. The summed E-state index contributed by atoms with van der Waals surface area (Å²) in [6.45, 7) is 1.34. The smallest absolute Gasteiger partial charge is 0.417 e. The Morgan fingerprint density at radius 3 is 2.58 bits per heavy atom. The monoisotopic (exact) mass is 391 g/mol. The molecule has 6 nitrogen and oxygen atoms in total. The Bertz CT molecular complexity index is 889. The van der Waals surface area contributed by atoms with E-state index in [0.29, 0.717) is 0 Å². The second-order valence-electron chi connectivity index (χ2n) is 5.59. The van der Waals surface area contributed by atoms with Crippen LogP contribution < -0.4 is 0 Å². The van der Waals surface area contributed by atoms with Crippen molar-refractivity contribution >= 4 is 15.8 Å². The number of sulfone groups is 1. The SMILES string of the molecule is COC(=O)CC(C)S(=O)(=O)Cc1coc(-c2ccccc2C(F)(F)F)n1. The van der Waals surface area contributed by atoms with Crippen LogP contribution >= 0.6 is 0 Å². The van der Waals surface area contributed by atoms with E-state index in [1.165, 1.54) is 25.1 Å². The number of esters is 1. The van der Waals surface area contributed by atoms with Crippen molar-refractivity contribution < 1.29 is 35.5 Å². The molecule has 0 bridgehead atoms. The lowest BCUT2D eigenvalue weighted by Crippen LogP contribution is -2.23. The fourth-order valence-corrected chi connectivity index (χ4v) is 3.43. The molecule has 0 aliphatic rings. The van der Waals surface area contributed by atoms with Crippen LogP contribution in [0.1, 0.15) is 24.6 Å². The molecule has 26 heavy (non-hydrogen) atoms. The molecule has 10 heteroatoms. The number of oxazole rings is 1. The molecule has 0 aliphatic carbocycles. The lowest BCUT2D eigenvalue weighted by Gasteiger charge is -2.10. The van der Waals surface area contributed by atoms with Crippen molar-refractivity contribution in [2.45, 2.75) is 30.5 Å². The van der Waals surface area contributed by atoms with Crippen molar-refractivity contribution in [3.05, 3.63) is 41.8 Å². The van der Waals surface area contributed by atoms with E-state index in [1.54, 1.807) is 0 Å². The maximum atomic E-state index is 13.1. The van der Waals surface area contributed by atoms with E-state index >= 15 is 0 Å². The van der Waals surface area contributed by atoms with Gasteiger partial charge in [-0.3, -0.25) is 4.79 Å². The lowest BCUT2D eigenvalue weighted by molar-refractivity contribution is -0.140. The van der Waals surface area contributed by atoms with Gasteiger partial charge in [0.25, 0.3) is 0 Å². The van der Waals surface area contributed by atoms with Crippen molar-refractivity contribution in [2.24, 2.45) is 0 Å². The van der Waals surface area contributed by atoms with Crippen LogP contribution in [-0.4, -0.2) is 31.7 Å². The average molecular weight is 391 g/mol. The third-order valence-corrected chi connectivity index (χ3v) is 5.75. The second kappa shape index (κ2) is 7.48. The van der Waals surface area contributed by atoms with Crippen LogP contribution in [0, 0.1) is 0 Å². The van der Waals surface area contributed by atoms with E-state index in [2.05, 4.69) is 9.72 Å². The maximum absolute atomic E-state index is 13.1. The van der Waals surface area contributed by atoms with Gasteiger partial charge in [-0.15, -0.1) is 0 Å². The van der Waals surface area contributed by atoms with Crippen LogP contribution in [0.4, 0.5) is 13.2 Å². The highest BCUT2D eigenvalue weighted by Crippen LogP contribution is 2.36. The number of rotatable bonds is 6. The fourth-order valence-electron chi connectivity index (χ4n) is 2.21. The Balaban J connectivity index is 2.25. The highest BCUT2D eigenvalue weighted by Gasteiger charge is 2.34. The summed E-state index contributed by atoms with van der Waals surface area (Å²) in [5.41, 5.74) is -1.27. The molecule has 1 unspecified atom stereocenters. The van der Waals surface area contributed by atoms with Crippen LogP contribution in [0.5, 0.6) is 0 Å². The van der Waals surface area contributed by atoms with Gasteiger partial charge in [0.05, 0.1) is 35.8 Å². The molecule has 1 heterocycles. The summed E-state index contributed by atoms with van der Waals surface area (Å²) in [4.78, 5) is 15.1. The predicted octanol–water partition coefficient (Wildman–Crippen LogP) is 3.23. The summed E-state index contributed by atoms with van der Waals surface area (Å²) in [7, 11) is -2.63. The molecule has 0 saturated carbocycles. The molecule has 1 atom stereocenters. The number of carbonyl (C=O) groups excluding carboxylic acids is 1. The maximum Gasteiger partial charge on any atom is 0.417 e. The Morgan fingerprint density at radius 2 is 1.96 bits per heavy atom. The quantitative estimate of drug-likeness (QED) is 0.703. The lowest BCUT2D eigenvalue weighted by atomic mass is 10.1. The standard InChI is InChI=1S/C16H16F3NO5S/c1-10(7-14(21)24-2)26(22,23)9-11-8-25-15(20-11)12-5-3-4-6-13(12)16(17,18)19/h3-6,8,10H,7,9H2,1-2H3. The highest BCUT2D eigenvalue weighted by molar-refractivity contribution is 7.91.